The number of rotatable bonds is 17. The van der Waals surface area contributed by atoms with Crippen LogP contribution in [0.25, 0.3) is 0 Å². The summed E-state index contributed by atoms with van der Waals surface area (Å²) in [6, 6.07) is -3.21. The van der Waals surface area contributed by atoms with Gasteiger partial charge in [-0.3, -0.25) is 24.0 Å². The maximum absolute atomic E-state index is 12.6. The topological polar surface area (TPSA) is 289 Å². The van der Waals surface area contributed by atoms with Crippen molar-refractivity contribution in [2.24, 2.45) is 17.4 Å². The van der Waals surface area contributed by atoms with E-state index in [9.17, 15) is 44.1 Å². The second kappa shape index (κ2) is 14.9. The predicted molar refractivity (Wildman–Crippen MR) is 109 cm³/mol. The van der Waals surface area contributed by atoms with Gasteiger partial charge in [-0.2, -0.15) is 0 Å². The lowest BCUT2D eigenvalue weighted by molar-refractivity contribution is -0.170. The highest BCUT2D eigenvalue weighted by molar-refractivity contribution is 5.92. The minimum Gasteiger partial charge on any atom is -0.481 e. The molecule has 0 spiro atoms. The van der Waals surface area contributed by atoms with E-state index in [0.717, 1.165) is 6.92 Å². The standard InChI is InChI=1S/C18H30N4O12/c1-7(26)21-10(5-24)15(13(30)11(27)6-25)34-14(17(20)32)8(4-23)18(33)22-9(16(19)31)2-3-12(28)29/h5,8-11,13-15,23,25,27,30H,2-4,6H2,1H3,(H2,19,31)(H2,20,32)(H,21,26)(H,22,33)(H,28,29)/t8?,9?,10-,11+,13+,14?,15+/m0/s1. The van der Waals surface area contributed by atoms with Crippen LogP contribution in [0.4, 0.5) is 0 Å². The fourth-order valence-corrected chi connectivity index (χ4v) is 2.81. The molecule has 0 bridgehead atoms. The van der Waals surface area contributed by atoms with Crippen molar-refractivity contribution in [3.8, 4) is 0 Å². The molecule has 4 amide bonds. The summed E-state index contributed by atoms with van der Waals surface area (Å²) in [5, 5.41) is 51.7. The van der Waals surface area contributed by atoms with Crippen molar-refractivity contribution in [2.75, 3.05) is 13.2 Å². The molecule has 0 aliphatic rings. The second-order valence-electron chi connectivity index (χ2n) is 7.21. The van der Waals surface area contributed by atoms with Crippen LogP contribution in [0, 0.1) is 5.92 Å². The van der Waals surface area contributed by atoms with Gasteiger partial charge in [0.15, 0.2) is 0 Å². The van der Waals surface area contributed by atoms with Crippen LogP contribution >= 0.6 is 0 Å². The number of aliphatic hydroxyl groups excluding tert-OH is 4. The fourth-order valence-electron chi connectivity index (χ4n) is 2.81. The Morgan fingerprint density at radius 1 is 1.00 bits per heavy atom. The van der Waals surface area contributed by atoms with E-state index < -0.39 is 98.1 Å². The summed E-state index contributed by atoms with van der Waals surface area (Å²) < 4.78 is 5.29. The maximum Gasteiger partial charge on any atom is 0.303 e. The van der Waals surface area contributed by atoms with E-state index in [1.807, 2.05) is 0 Å². The van der Waals surface area contributed by atoms with Crippen LogP contribution in [-0.2, 0) is 33.5 Å². The van der Waals surface area contributed by atoms with Crippen LogP contribution in [-0.4, -0.2) is 111 Å². The molecule has 11 N–H and O–H groups in total. The van der Waals surface area contributed by atoms with Crippen molar-refractivity contribution in [3.05, 3.63) is 0 Å². The van der Waals surface area contributed by atoms with Crippen LogP contribution in [0.5, 0.6) is 0 Å². The molecule has 7 atom stereocenters. The zero-order valence-corrected chi connectivity index (χ0v) is 18.2. The molecule has 0 fully saturated rings. The van der Waals surface area contributed by atoms with Gasteiger partial charge in [0.2, 0.25) is 23.6 Å². The number of hydrogen-bond donors (Lipinski definition) is 9. The fraction of sp³-hybridized carbons (Fsp3) is 0.667. The third kappa shape index (κ3) is 9.75. The normalized spacial score (nSPS) is 17.2. The number of carbonyl (C=O) groups excluding carboxylic acids is 5. The molecular formula is C18H30N4O12. The largest absolute Gasteiger partial charge is 0.481 e. The molecule has 0 aliphatic heterocycles. The molecule has 3 unspecified atom stereocenters. The lowest BCUT2D eigenvalue weighted by Crippen LogP contribution is -2.59. The number of aliphatic hydroxyl groups is 4. The van der Waals surface area contributed by atoms with E-state index in [1.165, 1.54) is 0 Å². The molecule has 0 aromatic rings. The Labute approximate surface area is 193 Å². The van der Waals surface area contributed by atoms with Gasteiger partial charge in [-0.25, -0.2) is 0 Å². The Hall–Kier alpha value is -3.18. The minimum atomic E-state index is -2.10. The molecule has 0 aliphatic carbocycles. The van der Waals surface area contributed by atoms with E-state index in [-0.39, 0.29) is 6.29 Å². The first-order chi connectivity index (χ1) is 15.8. The van der Waals surface area contributed by atoms with Gasteiger partial charge in [-0.05, 0) is 6.42 Å². The number of carboxylic acids is 1. The number of aldehydes is 1. The first-order valence-electron chi connectivity index (χ1n) is 9.87. The molecule has 194 valence electrons. The van der Waals surface area contributed by atoms with E-state index in [2.05, 4.69) is 10.6 Å². The van der Waals surface area contributed by atoms with Gasteiger partial charge in [-0.1, -0.05) is 0 Å². The van der Waals surface area contributed by atoms with Crippen molar-refractivity contribution in [1.29, 1.82) is 0 Å². The average molecular weight is 494 g/mol. The van der Waals surface area contributed by atoms with E-state index >= 15 is 0 Å². The van der Waals surface area contributed by atoms with Crippen LogP contribution in [0.15, 0.2) is 0 Å². The molecule has 16 heteroatoms. The van der Waals surface area contributed by atoms with Crippen LogP contribution < -0.4 is 22.1 Å². The van der Waals surface area contributed by atoms with Crippen molar-refractivity contribution in [3.63, 3.8) is 0 Å². The van der Waals surface area contributed by atoms with Gasteiger partial charge in [-0.15, -0.1) is 0 Å². The number of nitrogens with two attached hydrogens (primary N) is 2. The first-order valence-corrected chi connectivity index (χ1v) is 9.87. The number of ether oxygens (including phenoxy) is 1. The Kier molecular flexibility index (Phi) is 13.5. The summed E-state index contributed by atoms with van der Waals surface area (Å²) in [5.74, 6) is -7.68. The zero-order valence-electron chi connectivity index (χ0n) is 18.2. The number of hydrogen-bond acceptors (Lipinski definition) is 11. The third-order valence-electron chi connectivity index (χ3n) is 4.58. The number of amides is 4. The van der Waals surface area contributed by atoms with E-state index in [1.54, 1.807) is 0 Å². The molecule has 16 nitrogen and oxygen atoms in total. The molecule has 0 saturated heterocycles. The van der Waals surface area contributed by atoms with Gasteiger partial charge >= 0.3 is 5.97 Å². The first kappa shape index (κ1) is 30.8. The van der Waals surface area contributed by atoms with Crippen LogP contribution in [0.3, 0.4) is 0 Å². The Balaban J connectivity index is 6.00. The summed E-state index contributed by atoms with van der Waals surface area (Å²) in [7, 11) is 0. The summed E-state index contributed by atoms with van der Waals surface area (Å²) >= 11 is 0. The lowest BCUT2D eigenvalue weighted by atomic mass is 9.97. The van der Waals surface area contributed by atoms with Crippen LogP contribution in [0.1, 0.15) is 19.8 Å². The molecule has 0 aromatic heterocycles. The summed E-state index contributed by atoms with van der Waals surface area (Å²) in [5.41, 5.74) is 10.4. The quantitative estimate of drug-likeness (QED) is 0.0854. The zero-order chi connectivity index (χ0) is 26.6. The highest BCUT2D eigenvalue weighted by Gasteiger charge is 2.42. The van der Waals surface area contributed by atoms with Gasteiger partial charge in [0.25, 0.3) is 0 Å². The van der Waals surface area contributed by atoms with Crippen molar-refractivity contribution < 1.29 is 59.0 Å². The lowest BCUT2D eigenvalue weighted by Gasteiger charge is -2.34. The molecule has 0 aromatic carbocycles. The third-order valence-corrected chi connectivity index (χ3v) is 4.58. The number of carbonyl (C=O) groups is 6. The highest BCUT2D eigenvalue weighted by atomic mass is 16.5. The van der Waals surface area contributed by atoms with Crippen molar-refractivity contribution in [2.45, 2.75) is 56.3 Å². The van der Waals surface area contributed by atoms with Crippen LogP contribution in [0.2, 0.25) is 0 Å². The molecule has 0 radical (unpaired) electrons. The monoisotopic (exact) mass is 494 g/mol. The van der Waals surface area contributed by atoms with Gasteiger partial charge in [0.1, 0.15) is 42.8 Å². The van der Waals surface area contributed by atoms with Gasteiger partial charge in [0.05, 0.1) is 19.1 Å². The maximum atomic E-state index is 12.6. The molecule has 0 rings (SSSR count). The molecule has 0 heterocycles. The van der Waals surface area contributed by atoms with E-state index in [0.29, 0.717) is 0 Å². The number of primary amides is 2. The summed E-state index contributed by atoms with van der Waals surface area (Å²) in [6.45, 7) is -1.15. The van der Waals surface area contributed by atoms with Gasteiger partial charge < -0.3 is 57.2 Å². The second-order valence-corrected chi connectivity index (χ2v) is 7.21. The Morgan fingerprint density at radius 2 is 1.59 bits per heavy atom. The highest BCUT2D eigenvalue weighted by Crippen LogP contribution is 2.18. The molecule has 34 heavy (non-hydrogen) atoms. The number of carboxylic acid groups (broad SMARTS) is 1. The smallest absolute Gasteiger partial charge is 0.303 e. The SMILES string of the molecule is CC(=O)N[C@@H](C=O)[C@@H](OC(C(N)=O)C(CO)C(=O)NC(CCC(=O)O)C(N)=O)[C@H](O)[C@H](O)CO. The Bertz CT molecular complexity index is 748. The molecule has 0 saturated carbocycles. The van der Waals surface area contributed by atoms with Crippen molar-refractivity contribution in [1.82, 2.24) is 10.6 Å². The Morgan fingerprint density at radius 3 is 1.97 bits per heavy atom. The molecular weight excluding hydrogens is 464 g/mol. The van der Waals surface area contributed by atoms with E-state index in [4.69, 9.17) is 26.4 Å². The average Bonchev–Trinajstić information content (AvgIpc) is 2.75. The summed E-state index contributed by atoms with van der Waals surface area (Å²) in [6.07, 6.45) is -8.95. The number of aliphatic carboxylic acids is 1. The van der Waals surface area contributed by atoms with Gasteiger partial charge in [0, 0.05) is 13.3 Å². The minimum absolute atomic E-state index is 0.0838. The van der Waals surface area contributed by atoms with Crippen molar-refractivity contribution >= 4 is 35.9 Å². The summed E-state index contributed by atoms with van der Waals surface area (Å²) in [4.78, 5) is 69.8. The predicted octanol–water partition coefficient (Wildman–Crippen LogP) is -5.91. The number of nitrogens with one attached hydrogen (secondary N) is 2.